The van der Waals surface area contributed by atoms with E-state index in [9.17, 15) is 32.8 Å². The van der Waals surface area contributed by atoms with Crippen LogP contribution in [0.15, 0.2) is 78.4 Å². The number of nitriles is 1. The summed E-state index contributed by atoms with van der Waals surface area (Å²) in [5.74, 6) is -3.48. The fraction of sp³-hybridized carbons (Fsp3) is 0.404. The maximum absolute atomic E-state index is 15.4. The normalized spacial score (nSPS) is 16.3. The number of benzene rings is 3. The maximum Gasteiger partial charge on any atom is 0.420 e. The number of carbonyl (C=O) groups is 3. The molecule has 2 aromatic heterocycles. The highest BCUT2D eigenvalue weighted by atomic mass is 32.1. The van der Waals surface area contributed by atoms with Crippen LogP contribution in [-0.4, -0.2) is 88.2 Å². The number of thiazole rings is 1. The molecule has 13 nitrogen and oxygen atoms in total. The molecule has 2 aliphatic rings. The highest BCUT2D eigenvalue weighted by Gasteiger charge is 2.52. The van der Waals surface area contributed by atoms with Crippen LogP contribution in [0.5, 0.6) is 5.75 Å². The van der Waals surface area contributed by atoms with E-state index in [4.69, 9.17) is 21.7 Å². The van der Waals surface area contributed by atoms with Gasteiger partial charge in [-0.25, -0.2) is 13.8 Å². The van der Waals surface area contributed by atoms with Crippen LogP contribution in [0.2, 0.25) is 0 Å². The molecule has 4 heterocycles. The third-order valence-electron chi connectivity index (χ3n) is 12.6. The van der Waals surface area contributed by atoms with Crippen molar-refractivity contribution in [2.45, 2.75) is 97.6 Å². The molecule has 2 atom stereocenters. The van der Waals surface area contributed by atoms with E-state index in [0.717, 1.165) is 40.3 Å². The molecular weight excluding hydrogens is 976 g/mol. The number of unbranched alkanes of at least 4 members (excludes halogenated alkanes) is 1. The van der Waals surface area contributed by atoms with Crippen LogP contribution >= 0.6 is 23.6 Å². The summed E-state index contributed by atoms with van der Waals surface area (Å²) in [4.78, 5) is 54.5. The van der Waals surface area contributed by atoms with Crippen LogP contribution in [-0.2, 0) is 31.8 Å². The van der Waals surface area contributed by atoms with Crippen LogP contribution in [0, 0.1) is 35.3 Å². The number of pyridine rings is 1. The summed E-state index contributed by atoms with van der Waals surface area (Å²) in [6, 6.07) is 17.4. The smallest absolute Gasteiger partial charge is 0.420 e. The van der Waals surface area contributed by atoms with E-state index in [1.807, 2.05) is 57.5 Å². The Bertz CT molecular complexity index is 2850. The number of thiocarbonyl (C=S) groups is 1. The monoisotopic (exact) mass is 1030 g/mol. The Morgan fingerprint density at radius 2 is 1.71 bits per heavy atom. The van der Waals surface area contributed by atoms with Gasteiger partial charge in [0.2, 0.25) is 11.8 Å². The Morgan fingerprint density at radius 3 is 2.35 bits per heavy atom. The zero-order valence-electron chi connectivity index (χ0n) is 40.7. The molecule has 2 aliphatic heterocycles. The lowest BCUT2D eigenvalue weighted by Gasteiger charge is -2.35. The average Bonchev–Trinajstić information content (AvgIpc) is 4.05. The first kappa shape index (κ1) is 53.4. The first-order chi connectivity index (χ1) is 34.1. The Kier molecular flexibility index (Phi) is 16.4. The molecule has 72 heavy (non-hydrogen) atoms. The predicted molar refractivity (Wildman–Crippen MR) is 268 cm³/mol. The fourth-order valence-corrected chi connectivity index (χ4v) is 10.1. The van der Waals surface area contributed by atoms with Crippen molar-refractivity contribution in [2.75, 3.05) is 42.7 Å². The number of hydrogen-bond donors (Lipinski definition) is 2. The molecule has 0 radical (unpaired) electrons. The number of alkyl halides is 3. The van der Waals surface area contributed by atoms with Gasteiger partial charge in [0.1, 0.15) is 17.1 Å². The second kappa shape index (κ2) is 22.2. The third-order valence-corrected chi connectivity index (χ3v) is 13.9. The summed E-state index contributed by atoms with van der Waals surface area (Å²) < 4.78 is 83.6. The number of hydrogen-bond acceptors (Lipinski definition) is 11. The van der Waals surface area contributed by atoms with Gasteiger partial charge in [-0.15, -0.1) is 11.3 Å². The Labute approximate surface area is 424 Å². The number of likely N-dealkylation sites (tertiary alicyclic amines) is 1. The molecule has 2 saturated heterocycles. The summed E-state index contributed by atoms with van der Waals surface area (Å²) in [5, 5.41) is 15.3. The minimum atomic E-state index is -5.21. The number of halogens is 5. The molecule has 0 bridgehead atoms. The maximum atomic E-state index is 15.4. The topological polar surface area (TPSA) is 153 Å². The van der Waals surface area contributed by atoms with E-state index in [1.165, 1.54) is 43.1 Å². The molecule has 380 valence electrons. The van der Waals surface area contributed by atoms with Crippen molar-refractivity contribution in [3.63, 3.8) is 0 Å². The van der Waals surface area contributed by atoms with Gasteiger partial charge in [0, 0.05) is 31.8 Å². The summed E-state index contributed by atoms with van der Waals surface area (Å²) >= 11 is 7.10. The number of carbonyl (C=O) groups excluding carboxylic acids is 3. The lowest BCUT2D eigenvalue weighted by atomic mass is 9.85. The highest BCUT2D eigenvalue weighted by molar-refractivity contribution is 7.81. The van der Waals surface area contributed by atoms with Crippen LogP contribution in [0.4, 0.5) is 33.3 Å². The molecule has 3 aromatic carbocycles. The number of anilines is 2. The van der Waals surface area contributed by atoms with Crippen molar-refractivity contribution in [1.82, 2.24) is 25.5 Å². The van der Waals surface area contributed by atoms with E-state index >= 15 is 8.78 Å². The predicted octanol–water partition coefficient (Wildman–Crippen LogP) is 9.75. The third kappa shape index (κ3) is 11.6. The molecule has 0 saturated carbocycles. The molecule has 20 heteroatoms. The van der Waals surface area contributed by atoms with E-state index in [0.29, 0.717) is 68.3 Å². The van der Waals surface area contributed by atoms with Crippen molar-refractivity contribution in [3.05, 3.63) is 112 Å². The van der Waals surface area contributed by atoms with Crippen LogP contribution in [0.3, 0.4) is 0 Å². The van der Waals surface area contributed by atoms with E-state index < -0.39 is 63.6 Å². The number of rotatable bonds is 18. The number of aryl methyl sites for hydroxylation is 1. The number of amides is 3. The quantitative estimate of drug-likeness (QED) is 0.0490. The zero-order chi connectivity index (χ0) is 52.1. The van der Waals surface area contributed by atoms with Crippen LogP contribution in [0.1, 0.15) is 82.7 Å². The van der Waals surface area contributed by atoms with Gasteiger partial charge in [-0.3, -0.25) is 24.3 Å². The van der Waals surface area contributed by atoms with Crippen molar-refractivity contribution < 1.29 is 45.8 Å². The minimum absolute atomic E-state index is 0.0375. The van der Waals surface area contributed by atoms with Crippen molar-refractivity contribution in [1.29, 1.82) is 5.26 Å². The molecule has 5 aromatic rings. The van der Waals surface area contributed by atoms with Gasteiger partial charge in [-0.1, -0.05) is 45.0 Å². The molecule has 2 N–H and O–H groups in total. The van der Waals surface area contributed by atoms with Crippen molar-refractivity contribution >= 4 is 57.8 Å². The lowest BCUT2D eigenvalue weighted by Crippen LogP contribution is -2.56. The van der Waals surface area contributed by atoms with Crippen molar-refractivity contribution in [2.24, 2.45) is 5.41 Å². The number of aromatic nitrogens is 2. The standard InChI is InChI=1S/C52H55F5N8O5S2/c1-31-44(72-30-62-31)33-13-11-32(12-14-33)28-61-46(66)40-10-9-22-63(40)47(67)45(50(2,3)4)59-21-25-69-23-7-8-24-70-41-20-16-34(26-37(41)53)38-18-17-36(29-60-38)65-49(71)64(48(68)51(65,5)6)39-19-15-35(27-58)42(43(39)54)52(55,56)57/h11-20,26,29-30,40,45,59H,7-10,21-25,28H2,1-6H3,(H,61,66)/t40-,45?/m0/s1. The van der Waals surface area contributed by atoms with Gasteiger partial charge in [0.15, 0.2) is 22.5 Å². The van der Waals surface area contributed by atoms with E-state index in [2.05, 4.69) is 20.6 Å². The lowest BCUT2D eigenvalue weighted by molar-refractivity contribution is -0.142. The molecule has 2 fully saturated rings. The summed E-state index contributed by atoms with van der Waals surface area (Å²) in [7, 11) is 0. The first-order valence-corrected chi connectivity index (χ1v) is 24.7. The Balaban J connectivity index is 0.841. The number of ether oxygens (including phenoxy) is 2. The summed E-state index contributed by atoms with van der Waals surface area (Å²) in [6.45, 7) is 13.1. The van der Waals surface area contributed by atoms with Crippen molar-refractivity contribution in [3.8, 4) is 33.5 Å². The molecule has 7 rings (SSSR count). The average molecular weight is 1030 g/mol. The summed E-state index contributed by atoms with van der Waals surface area (Å²) in [5.41, 5.74) is 0.479. The van der Waals surface area contributed by atoms with Crippen LogP contribution in [0.25, 0.3) is 21.7 Å². The molecule has 0 aliphatic carbocycles. The van der Waals surface area contributed by atoms with Gasteiger partial charge in [-0.05, 0) is 118 Å². The van der Waals surface area contributed by atoms with Gasteiger partial charge in [0.05, 0.1) is 70.2 Å². The van der Waals surface area contributed by atoms with Gasteiger partial charge in [-0.2, -0.15) is 18.4 Å². The molecular formula is C52H55F5N8O5S2. The highest BCUT2D eigenvalue weighted by Crippen LogP contribution is 2.42. The van der Waals surface area contributed by atoms with Crippen LogP contribution < -0.4 is 25.2 Å². The number of nitrogens with one attached hydrogen (secondary N) is 2. The number of nitrogens with zero attached hydrogens (tertiary/aromatic N) is 6. The Hall–Kier alpha value is -6.40. The largest absolute Gasteiger partial charge is 0.491 e. The minimum Gasteiger partial charge on any atom is -0.491 e. The first-order valence-electron chi connectivity index (χ1n) is 23.4. The van der Waals surface area contributed by atoms with Gasteiger partial charge < -0.3 is 29.9 Å². The molecule has 1 unspecified atom stereocenters. The summed E-state index contributed by atoms with van der Waals surface area (Å²) in [6.07, 6.45) is -1.31. The zero-order valence-corrected chi connectivity index (χ0v) is 42.3. The van der Waals surface area contributed by atoms with Gasteiger partial charge >= 0.3 is 6.18 Å². The van der Waals surface area contributed by atoms with E-state index in [-0.39, 0.29) is 35.0 Å². The Morgan fingerprint density at radius 1 is 0.986 bits per heavy atom. The second-order valence-corrected chi connectivity index (χ2v) is 20.3. The molecule has 0 spiro atoms. The molecule has 3 amide bonds. The second-order valence-electron chi connectivity index (χ2n) is 19.1. The van der Waals surface area contributed by atoms with Gasteiger partial charge in [0.25, 0.3) is 5.91 Å². The SMILES string of the molecule is Cc1ncsc1-c1ccc(CNC(=O)[C@@H]2CCCN2C(=O)C(NCCOCCCCOc2ccc(-c3ccc(N4C(=S)N(c5ccc(C#N)c(C(F)(F)F)c5F)C(=O)C4(C)C)cn3)cc2F)C(C)(C)C)cc1. The van der Waals surface area contributed by atoms with E-state index in [1.54, 1.807) is 34.4 Å². The fourth-order valence-electron chi connectivity index (χ4n) is 8.77.